The number of rotatable bonds is 7. The second-order valence-electron chi connectivity index (χ2n) is 5.07. The minimum atomic E-state index is -0.476. The van der Waals surface area contributed by atoms with E-state index in [0.29, 0.717) is 6.42 Å². The number of aryl methyl sites for hydroxylation is 1. The van der Waals surface area contributed by atoms with Gasteiger partial charge in [0.2, 0.25) is 0 Å². The van der Waals surface area contributed by atoms with E-state index in [2.05, 4.69) is 24.4 Å². The van der Waals surface area contributed by atoms with E-state index < -0.39 is 11.6 Å². The molecule has 0 fully saturated rings. The highest BCUT2D eigenvalue weighted by Gasteiger charge is 2.20. The number of benzene rings is 1. The largest absolute Gasteiger partial charge is 0.309 e. The highest BCUT2D eigenvalue weighted by atomic mass is 32.1. The van der Waals surface area contributed by atoms with Gasteiger partial charge in [0.05, 0.1) is 0 Å². The van der Waals surface area contributed by atoms with Crippen molar-refractivity contribution in [1.82, 2.24) is 5.32 Å². The molecule has 1 aromatic carbocycles. The summed E-state index contributed by atoms with van der Waals surface area (Å²) in [6.07, 6.45) is 2.53. The van der Waals surface area contributed by atoms with E-state index in [1.165, 1.54) is 23.1 Å². The highest BCUT2D eigenvalue weighted by molar-refractivity contribution is 7.11. The normalized spacial score (nSPS) is 12.6. The first-order valence-corrected chi connectivity index (χ1v) is 8.22. The van der Waals surface area contributed by atoms with Crippen molar-refractivity contribution in [3.63, 3.8) is 0 Å². The Balaban J connectivity index is 2.25. The van der Waals surface area contributed by atoms with E-state index in [9.17, 15) is 8.78 Å². The van der Waals surface area contributed by atoms with Gasteiger partial charge in [-0.2, -0.15) is 0 Å². The molecule has 0 bridgehead atoms. The zero-order valence-electron chi connectivity index (χ0n) is 12.5. The van der Waals surface area contributed by atoms with Crippen molar-refractivity contribution in [3.8, 4) is 0 Å². The Morgan fingerprint density at radius 3 is 2.29 bits per heavy atom. The van der Waals surface area contributed by atoms with Crippen LogP contribution in [0.15, 0.2) is 30.3 Å². The van der Waals surface area contributed by atoms with Gasteiger partial charge in [-0.15, -0.1) is 11.3 Å². The number of hydrogen-bond donors (Lipinski definition) is 1. The maximum absolute atomic E-state index is 14.0. The number of nitrogens with one attached hydrogen (secondary N) is 1. The van der Waals surface area contributed by atoms with Gasteiger partial charge in [-0.1, -0.05) is 19.9 Å². The molecule has 0 radical (unpaired) electrons. The first-order chi connectivity index (χ1) is 10.2. The lowest BCUT2D eigenvalue weighted by atomic mass is 10.0. The summed E-state index contributed by atoms with van der Waals surface area (Å²) in [6, 6.07) is 7.88. The van der Waals surface area contributed by atoms with Crippen LogP contribution < -0.4 is 5.32 Å². The molecule has 0 aliphatic rings. The van der Waals surface area contributed by atoms with E-state index in [1.807, 2.05) is 6.92 Å². The first kappa shape index (κ1) is 16.1. The minimum Gasteiger partial charge on any atom is -0.309 e. The monoisotopic (exact) mass is 309 g/mol. The van der Waals surface area contributed by atoms with E-state index >= 15 is 0 Å². The zero-order valence-corrected chi connectivity index (χ0v) is 13.3. The van der Waals surface area contributed by atoms with Crippen LogP contribution in [0.1, 0.15) is 41.6 Å². The third-order valence-electron chi connectivity index (χ3n) is 3.46. The fourth-order valence-corrected chi connectivity index (χ4v) is 3.36. The molecule has 1 N–H and O–H groups in total. The molecule has 21 heavy (non-hydrogen) atoms. The second-order valence-corrected chi connectivity index (χ2v) is 6.32. The van der Waals surface area contributed by atoms with Crippen LogP contribution in [0.25, 0.3) is 0 Å². The average Bonchev–Trinajstić information content (AvgIpc) is 2.92. The minimum absolute atomic E-state index is 0.150. The Hall–Kier alpha value is -1.26. The summed E-state index contributed by atoms with van der Waals surface area (Å²) in [7, 11) is 0. The van der Waals surface area contributed by atoms with Gasteiger partial charge < -0.3 is 5.32 Å². The van der Waals surface area contributed by atoms with Crippen LogP contribution in [0.2, 0.25) is 0 Å². The summed E-state index contributed by atoms with van der Waals surface area (Å²) in [5, 5.41) is 3.27. The highest BCUT2D eigenvalue weighted by Crippen LogP contribution is 2.27. The van der Waals surface area contributed by atoms with Gasteiger partial charge in [-0.25, -0.2) is 8.78 Å². The first-order valence-electron chi connectivity index (χ1n) is 7.40. The van der Waals surface area contributed by atoms with Crippen LogP contribution in [0.4, 0.5) is 8.78 Å². The number of hydrogen-bond acceptors (Lipinski definition) is 2. The van der Waals surface area contributed by atoms with Gasteiger partial charge in [-0.3, -0.25) is 0 Å². The maximum atomic E-state index is 14.0. The Bertz CT molecular complexity index is 560. The molecule has 4 heteroatoms. The molecule has 0 saturated carbocycles. The molecule has 0 amide bonds. The summed E-state index contributed by atoms with van der Waals surface area (Å²) < 4.78 is 28.1. The quantitative estimate of drug-likeness (QED) is 0.769. The Morgan fingerprint density at radius 2 is 1.71 bits per heavy atom. The second kappa shape index (κ2) is 7.66. The molecular weight excluding hydrogens is 288 g/mol. The number of halogens is 2. The van der Waals surface area contributed by atoms with E-state index in [-0.39, 0.29) is 11.6 Å². The molecule has 1 aromatic heterocycles. The molecule has 1 unspecified atom stereocenters. The Kier molecular flexibility index (Phi) is 5.88. The van der Waals surface area contributed by atoms with Crippen molar-refractivity contribution >= 4 is 11.3 Å². The van der Waals surface area contributed by atoms with Gasteiger partial charge >= 0.3 is 0 Å². The summed E-state index contributed by atoms with van der Waals surface area (Å²) in [4.78, 5) is 2.45. The van der Waals surface area contributed by atoms with Gasteiger partial charge in [0.1, 0.15) is 11.6 Å². The lowest BCUT2D eigenvalue weighted by molar-refractivity contribution is 0.466. The number of thiophene rings is 1. The molecule has 0 spiro atoms. The third-order valence-corrected chi connectivity index (χ3v) is 4.71. The van der Waals surface area contributed by atoms with Crippen molar-refractivity contribution in [1.29, 1.82) is 0 Å². The average molecular weight is 309 g/mol. The fourth-order valence-electron chi connectivity index (χ4n) is 2.36. The van der Waals surface area contributed by atoms with E-state index in [0.717, 1.165) is 24.3 Å². The molecule has 0 aliphatic heterocycles. The molecule has 1 nitrogen and oxygen atoms in total. The molecule has 2 aromatic rings. The van der Waals surface area contributed by atoms with E-state index in [4.69, 9.17) is 0 Å². The predicted octanol–water partition coefficient (Wildman–Crippen LogP) is 4.87. The zero-order chi connectivity index (χ0) is 15.2. The van der Waals surface area contributed by atoms with Crippen molar-refractivity contribution in [2.75, 3.05) is 6.54 Å². The smallest absolute Gasteiger partial charge is 0.130 e. The SMILES string of the molecule is CCCNC(Cc1ccc(CC)s1)c1c(F)cccc1F. The van der Waals surface area contributed by atoms with Crippen molar-refractivity contribution in [2.24, 2.45) is 0 Å². The van der Waals surface area contributed by atoms with Crippen LogP contribution >= 0.6 is 11.3 Å². The van der Waals surface area contributed by atoms with Crippen LogP contribution in [0.3, 0.4) is 0 Å². The van der Waals surface area contributed by atoms with Crippen molar-refractivity contribution < 1.29 is 8.78 Å². The summed E-state index contributed by atoms with van der Waals surface area (Å²) >= 11 is 1.72. The molecule has 2 rings (SSSR count). The van der Waals surface area contributed by atoms with Gasteiger partial charge in [0.15, 0.2) is 0 Å². The predicted molar refractivity (Wildman–Crippen MR) is 84.8 cm³/mol. The summed E-state index contributed by atoms with van der Waals surface area (Å²) in [5.41, 5.74) is 0.150. The lowest BCUT2D eigenvalue weighted by Crippen LogP contribution is -2.25. The summed E-state index contributed by atoms with van der Waals surface area (Å²) in [5.74, 6) is -0.952. The molecule has 0 saturated heterocycles. The standard InChI is InChI=1S/C17H21F2NS/c1-3-10-20-16(11-13-9-8-12(4-2)21-13)17-14(18)6-5-7-15(17)19/h5-9,16,20H,3-4,10-11H2,1-2H3. The van der Waals surface area contributed by atoms with Crippen molar-refractivity contribution in [2.45, 2.75) is 39.2 Å². The molecule has 0 aliphatic carbocycles. The third kappa shape index (κ3) is 4.11. The lowest BCUT2D eigenvalue weighted by Gasteiger charge is -2.19. The molecule has 1 atom stereocenters. The van der Waals surface area contributed by atoms with Crippen LogP contribution in [0, 0.1) is 11.6 Å². The van der Waals surface area contributed by atoms with Gasteiger partial charge in [0.25, 0.3) is 0 Å². The van der Waals surface area contributed by atoms with Gasteiger partial charge in [-0.05, 0) is 43.7 Å². The summed E-state index contributed by atoms with van der Waals surface area (Å²) in [6.45, 7) is 4.89. The van der Waals surface area contributed by atoms with E-state index in [1.54, 1.807) is 11.3 Å². The van der Waals surface area contributed by atoms with Crippen LogP contribution in [-0.4, -0.2) is 6.54 Å². The maximum Gasteiger partial charge on any atom is 0.130 e. The topological polar surface area (TPSA) is 12.0 Å². The van der Waals surface area contributed by atoms with Crippen LogP contribution in [0.5, 0.6) is 0 Å². The van der Waals surface area contributed by atoms with Crippen LogP contribution in [-0.2, 0) is 12.8 Å². The molecule has 114 valence electrons. The Morgan fingerprint density at radius 1 is 1.05 bits per heavy atom. The Labute approximate surface area is 129 Å². The van der Waals surface area contributed by atoms with Crippen molar-refractivity contribution in [3.05, 3.63) is 57.3 Å². The van der Waals surface area contributed by atoms with Gasteiger partial charge in [0, 0.05) is 27.8 Å². The molecule has 1 heterocycles. The fraction of sp³-hybridized carbons (Fsp3) is 0.412. The molecular formula is C17H21F2NS.